The van der Waals surface area contributed by atoms with E-state index in [0.717, 1.165) is 18.2 Å². The van der Waals surface area contributed by atoms with Crippen molar-refractivity contribution in [2.24, 2.45) is 11.7 Å². The Morgan fingerprint density at radius 1 is 1.33 bits per heavy atom. The van der Waals surface area contributed by atoms with Crippen molar-refractivity contribution in [1.82, 2.24) is 0 Å². The summed E-state index contributed by atoms with van der Waals surface area (Å²) >= 11 is 0. The standard InChI is InChI=1S/C14H17F3N2O4S/c1-23-9-6-11(12(18)7-9)13(20)19-8-3-2-4-10(5-8)24(21,22)14(15,16)17/h2-5,9,11-12H,6-7,18H2,1H3,(H,19,20)/t9?,11-,12?/m1/s1. The zero-order valence-corrected chi connectivity index (χ0v) is 13.5. The molecule has 1 saturated carbocycles. The average molecular weight is 366 g/mol. The molecule has 0 bridgehead atoms. The summed E-state index contributed by atoms with van der Waals surface area (Å²) in [6.45, 7) is 0. The summed E-state index contributed by atoms with van der Waals surface area (Å²) in [5.41, 5.74) is 0.420. The van der Waals surface area contributed by atoms with Crippen LogP contribution in [-0.2, 0) is 19.4 Å². The number of carbonyl (C=O) groups excluding carboxylic acids is 1. The number of methoxy groups -OCH3 is 1. The molecular weight excluding hydrogens is 349 g/mol. The van der Waals surface area contributed by atoms with Crippen molar-refractivity contribution in [2.45, 2.75) is 35.4 Å². The number of nitrogens with one attached hydrogen (secondary N) is 1. The molecule has 0 aromatic heterocycles. The van der Waals surface area contributed by atoms with Crippen LogP contribution in [0.2, 0.25) is 0 Å². The quantitative estimate of drug-likeness (QED) is 0.845. The molecule has 0 saturated heterocycles. The van der Waals surface area contributed by atoms with Gasteiger partial charge in [0.05, 0.1) is 16.9 Å². The third-order valence-corrected chi connectivity index (χ3v) is 5.44. The molecule has 1 amide bonds. The Bertz CT molecular complexity index is 721. The largest absolute Gasteiger partial charge is 0.501 e. The van der Waals surface area contributed by atoms with Crippen LogP contribution in [0.1, 0.15) is 12.8 Å². The van der Waals surface area contributed by atoms with Gasteiger partial charge in [0, 0.05) is 18.8 Å². The molecule has 6 nitrogen and oxygen atoms in total. The number of carbonyl (C=O) groups is 1. The number of alkyl halides is 3. The molecule has 3 N–H and O–H groups in total. The fraction of sp³-hybridized carbons (Fsp3) is 0.500. The van der Waals surface area contributed by atoms with Crippen molar-refractivity contribution in [3.8, 4) is 0 Å². The van der Waals surface area contributed by atoms with Gasteiger partial charge >= 0.3 is 5.51 Å². The number of amides is 1. The highest BCUT2D eigenvalue weighted by Crippen LogP contribution is 2.32. The van der Waals surface area contributed by atoms with Crippen LogP contribution in [0.5, 0.6) is 0 Å². The Kier molecular flexibility index (Phi) is 5.21. The van der Waals surface area contributed by atoms with Crippen LogP contribution in [0.15, 0.2) is 29.2 Å². The minimum Gasteiger partial charge on any atom is -0.381 e. The summed E-state index contributed by atoms with van der Waals surface area (Å²) in [4.78, 5) is 11.3. The van der Waals surface area contributed by atoms with Crippen LogP contribution in [-0.4, -0.2) is 39.1 Å². The van der Waals surface area contributed by atoms with Crippen molar-refractivity contribution in [2.75, 3.05) is 12.4 Å². The first kappa shape index (κ1) is 18.7. The molecule has 134 valence electrons. The van der Waals surface area contributed by atoms with Gasteiger partial charge < -0.3 is 15.8 Å². The van der Waals surface area contributed by atoms with Crippen molar-refractivity contribution >= 4 is 21.4 Å². The van der Waals surface area contributed by atoms with Gasteiger partial charge in [0.15, 0.2) is 0 Å². The third kappa shape index (κ3) is 3.70. The Morgan fingerprint density at radius 3 is 2.54 bits per heavy atom. The fourth-order valence-corrected chi connectivity index (χ4v) is 3.43. The zero-order chi connectivity index (χ0) is 18.1. The topological polar surface area (TPSA) is 98.5 Å². The predicted molar refractivity (Wildman–Crippen MR) is 79.8 cm³/mol. The minimum absolute atomic E-state index is 0.0432. The molecule has 0 aliphatic heterocycles. The highest BCUT2D eigenvalue weighted by Gasteiger charge is 2.47. The number of benzene rings is 1. The molecule has 2 unspecified atom stereocenters. The molecular formula is C14H17F3N2O4S. The fourth-order valence-electron chi connectivity index (χ4n) is 2.63. The number of rotatable bonds is 4. The second kappa shape index (κ2) is 6.69. The van der Waals surface area contributed by atoms with Gasteiger partial charge in [0.2, 0.25) is 5.91 Å². The van der Waals surface area contributed by atoms with Gasteiger partial charge in [-0.3, -0.25) is 4.79 Å². The van der Waals surface area contributed by atoms with E-state index in [9.17, 15) is 26.4 Å². The van der Waals surface area contributed by atoms with E-state index in [1.807, 2.05) is 0 Å². The first-order chi connectivity index (χ1) is 11.1. The summed E-state index contributed by atoms with van der Waals surface area (Å²) < 4.78 is 65.7. The smallest absolute Gasteiger partial charge is 0.381 e. The van der Waals surface area contributed by atoms with Crippen LogP contribution in [0.4, 0.5) is 18.9 Å². The van der Waals surface area contributed by atoms with Gasteiger partial charge in [-0.25, -0.2) is 8.42 Å². The van der Waals surface area contributed by atoms with Crippen LogP contribution >= 0.6 is 0 Å². The van der Waals surface area contributed by atoms with E-state index in [1.54, 1.807) is 0 Å². The lowest BCUT2D eigenvalue weighted by Crippen LogP contribution is -2.34. The predicted octanol–water partition coefficient (Wildman–Crippen LogP) is 1.67. The van der Waals surface area contributed by atoms with E-state index >= 15 is 0 Å². The monoisotopic (exact) mass is 366 g/mol. The van der Waals surface area contributed by atoms with E-state index in [0.29, 0.717) is 12.8 Å². The molecule has 0 radical (unpaired) electrons. The summed E-state index contributed by atoms with van der Waals surface area (Å²) in [7, 11) is -3.97. The molecule has 24 heavy (non-hydrogen) atoms. The molecule has 1 aromatic carbocycles. The lowest BCUT2D eigenvalue weighted by Gasteiger charge is -2.15. The van der Waals surface area contributed by atoms with Crippen LogP contribution in [0.3, 0.4) is 0 Å². The molecule has 1 fully saturated rings. The average Bonchev–Trinajstić information content (AvgIpc) is 2.87. The molecule has 1 aromatic rings. The van der Waals surface area contributed by atoms with Crippen LogP contribution in [0, 0.1) is 5.92 Å². The van der Waals surface area contributed by atoms with Crippen molar-refractivity contribution < 1.29 is 31.1 Å². The Labute approximate surface area is 137 Å². The number of sulfone groups is 1. The van der Waals surface area contributed by atoms with E-state index in [-0.39, 0.29) is 11.8 Å². The molecule has 0 spiro atoms. The third-order valence-electron chi connectivity index (χ3n) is 3.96. The van der Waals surface area contributed by atoms with E-state index < -0.39 is 38.1 Å². The summed E-state index contributed by atoms with van der Waals surface area (Å²) in [5, 5.41) is 2.42. The molecule has 0 heterocycles. The zero-order valence-electron chi connectivity index (χ0n) is 12.7. The number of anilines is 1. The molecule has 10 heteroatoms. The molecule has 2 rings (SSSR count). The van der Waals surface area contributed by atoms with Crippen LogP contribution in [0.25, 0.3) is 0 Å². The van der Waals surface area contributed by atoms with E-state index in [2.05, 4.69) is 5.32 Å². The molecule has 3 atom stereocenters. The second-order valence-corrected chi connectivity index (χ2v) is 7.51. The Morgan fingerprint density at radius 2 is 2.00 bits per heavy atom. The molecule has 1 aliphatic rings. The molecule has 1 aliphatic carbocycles. The second-order valence-electron chi connectivity index (χ2n) is 5.57. The SMILES string of the molecule is COC1CC(N)[C@H](C(=O)Nc2cccc(S(=O)(=O)C(F)(F)F)c2)C1. The maximum atomic E-state index is 12.6. The van der Waals surface area contributed by atoms with Gasteiger partial charge in [-0.05, 0) is 31.0 Å². The van der Waals surface area contributed by atoms with Crippen LogP contribution < -0.4 is 11.1 Å². The lowest BCUT2D eigenvalue weighted by molar-refractivity contribution is -0.120. The number of ether oxygens (including phenoxy) is 1. The lowest BCUT2D eigenvalue weighted by atomic mass is 10.0. The summed E-state index contributed by atoms with van der Waals surface area (Å²) in [6, 6.07) is 3.59. The number of hydrogen-bond acceptors (Lipinski definition) is 5. The summed E-state index contributed by atoms with van der Waals surface area (Å²) in [6.07, 6.45) is 0.730. The maximum Gasteiger partial charge on any atom is 0.501 e. The van der Waals surface area contributed by atoms with E-state index in [1.165, 1.54) is 13.2 Å². The highest BCUT2D eigenvalue weighted by molar-refractivity contribution is 7.92. The van der Waals surface area contributed by atoms with Crippen molar-refractivity contribution in [3.05, 3.63) is 24.3 Å². The van der Waals surface area contributed by atoms with Crippen molar-refractivity contribution in [3.63, 3.8) is 0 Å². The highest BCUT2D eigenvalue weighted by atomic mass is 32.2. The summed E-state index contributed by atoms with van der Waals surface area (Å²) in [5.74, 6) is -1.04. The minimum atomic E-state index is -5.47. The number of hydrogen-bond donors (Lipinski definition) is 2. The van der Waals surface area contributed by atoms with Gasteiger partial charge in [0.1, 0.15) is 0 Å². The van der Waals surface area contributed by atoms with Gasteiger partial charge in [-0.1, -0.05) is 6.07 Å². The van der Waals surface area contributed by atoms with Gasteiger partial charge in [0.25, 0.3) is 9.84 Å². The Hall–Kier alpha value is -1.65. The van der Waals surface area contributed by atoms with Gasteiger partial charge in [-0.15, -0.1) is 0 Å². The number of halogens is 3. The number of nitrogens with two attached hydrogens (primary N) is 1. The first-order valence-corrected chi connectivity index (χ1v) is 8.55. The Balaban J connectivity index is 2.17. The van der Waals surface area contributed by atoms with Crippen molar-refractivity contribution in [1.29, 1.82) is 0 Å². The van der Waals surface area contributed by atoms with Gasteiger partial charge in [-0.2, -0.15) is 13.2 Å². The first-order valence-electron chi connectivity index (χ1n) is 7.07. The maximum absolute atomic E-state index is 12.6. The normalized spacial score (nSPS) is 24.8. The van der Waals surface area contributed by atoms with E-state index in [4.69, 9.17) is 10.5 Å².